The minimum absolute atomic E-state index is 0.00491. The summed E-state index contributed by atoms with van der Waals surface area (Å²) in [4.78, 5) is 36.4. The van der Waals surface area contributed by atoms with E-state index in [2.05, 4.69) is 5.32 Å². The Balaban J connectivity index is 1.83. The van der Waals surface area contributed by atoms with Crippen molar-refractivity contribution >= 4 is 28.9 Å². The first kappa shape index (κ1) is 17.6. The van der Waals surface area contributed by atoms with Crippen molar-refractivity contribution in [2.45, 2.75) is 26.7 Å². The normalized spacial score (nSPS) is 13.1. The van der Waals surface area contributed by atoms with Crippen LogP contribution in [0.25, 0.3) is 0 Å². The van der Waals surface area contributed by atoms with Gasteiger partial charge in [0, 0.05) is 42.0 Å². The molecule has 26 heavy (non-hydrogen) atoms. The van der Waals surface area contributed by atoms with Crippen LogP contribution in [0.1, 0.15) is 34.8 Å². The van der Waals surface area contributed by atoms with E-state index >= 15 is 0 Å². The zero-order valence-electron chi connectivity index (χ0n) is 14.6. The number of aryl methyl sites for hydroxylation is 2. The molecule has 0 bridgehead atoms. The maximum atomic E-state index is 12.4. The van der Waals surface area contributed by atoms with E-state index in [-0.39, 0.29) is 17.2 Å². The van der Waals surface area contributed by atoms with Crippen LogP contribution in [0.5, 0.6) is 0 Å². The van der Waals surface area contributed by atoms with Crippen molar-refractivity contribution < 1.29 is 14.5 Å². The maximum Gasteiger partial charge on any atom is 0.273 e. The summed E-state index contributed by atoms with van der Waals surface area (Å²) in [5.74, 6) is -0.415. The van der Waals surface area contributed by atoms with Gasteiger partial charge in [0.1, 0.15) is 0 Å². The molecule has 0 unspecified atom stereocenters. The van der Waals surface area contributed by atoms with Crippen molar-refractivity contribution in [1.29, 1.82) is 0 Å². The van der Waals surface area contributed by atoms with Crippen molar-refractivity contribution in [2.75, 3.05) is 16.8 Å². The lowest BCUT2D eigenvalue weighted by Crippen LogP contribution is -2.33. The van der Waals surface area contributed by atoms with Crippen LogP contribution in [0.15, 0.2) is 36.4 Å². The summed E-state index contributed by atoms with van der Waals surface area (Å²) in [6.45, 7) is 3.86. The van der Waals surface area contributed by atoms with Crippen LogP contribution in [-0.4, -0.2) is 23.3 Å². The molecule has 0 radical (unpaired) electrons. The number of carbonyl (C=O) groups excluding carboxylic acids is 2. The Bertz CT molecular complexity index is 908. The third kappa shape index (κ3) is 3.42. The summed E-state index contributed by atoms with van der Waals surface area (Å²) in [5.41, 5.74) is 3.12. The van der Waals surface area contributed by atoms with Gasteiger partial charge in [-0.25, -0.2) is 0 Å². The second kappa shape index (κ2) is 6.95. The zero-order chi connectivity index (χ0) is 18.8. The van der Waals surface area contributed by atoms with Crippen LogP contribution in [0.2, 0.25) is 0 Å². The predicted molar refractivity (Wildman–Crippen MR) is 98.6 cm³/mol. The molecule has 0 spiro atoms. The molecule has 134 valence electrons. The van der Waals surface area contributed by atoms with Crippen LogP contribution in [0.3, 0.4) is 0 Å². The first-order valence-electron chi connectivity index (χ1n) is 8.34. The molecule has 0 saturated carbocycles. The topological polar surface area (TPSA) is 92.6 Å². The highest BCUT2D eigenvalue weighted by molar-refractivity contribution is 6.05. The lowest BCUT2D eigenvalue weighted by Gasteiger charge is -2.29. The van der Waals surface area contributed by atoms with Gasteiger partial charge in [-0.2, -0.15) is 0 Å². The SMILES string of the molecule is CC(=O)N1CCCc2cc(NC(=O)c3ccc(C)c([N+](=O)[O-])c3)ccc21. The highest BCUT2D eigenvalue weighted by atomic mass is 16.6. The molecular weight excluding hydrogens is 334 g/mol. The summed E-state index contributed by atoms with van der Waals surface area (Å²) >= 11 is 0. The van der Waals surface area contributed by atoms with Gasteiger partial charge < -0.3 is 10.2 Å². The van der Waals surface area contributed by atoms with E-state index in [0.717, 1.165) is 24.1 Å². The van der Waals surface area contributed by atoms with Crippen LogP contribution in [0.4, 0.5) is 17.1 Å². The van der Waals surface area contributed by atoms with Gasteiger partial charge in [0.05, 0.1) is 4.92 Å². The average molecular weight is 353 g/mol. The van der Waals surface area contributed by atoms with E-state index < -0.39 is 10.8 Å². The number of benzene rings is 2. The molecule has 1 heterocycles. The summed E-state index contributed by atoms with van der Waals surface area (Å²) in [6.07, 6.45) is 1.70. The number of anilines is 2. The fourth-order valence-corrected chi connectivity index (χ4v) is 3.15. The third-order valence-electron chi connectivity index (χ3n) is 4.50. The predicted octanol–water partition coefficient (Wildman–Crippen LogP) is 3.45. The maximum absolute atomic E-state index is 12.4. The standard InChI is InChI=1S/C19H19N3O4/c1-12-5-6-15(11-18(12)22(25)26)19(24)20-16-7-8-17-14(10-16)4-3-9-21(17)13(2)23/h5-8,10-11H,3-4,9H2,1-2H3,(H,20,24). The number of nitrogens with one attached hydrogen (secondary N) is 1. The Labute approximate surface area is 150 Å². The monoisotopic (exact) mass is 353 g/mol. The number of amides is 2. The first-order valence-corrected chi connectivity index (χ1v) is 8.34. The van der Waals surface area contributed by atoms with Gasteiger partial charge in [0.25, 0.3) is 11.6 Å². The van der Waals surface area contributed by atoms with Crippen LogP contribution < -0.4 is 10.2 Å². The lowest BCUT2D eigenvalue weighted by atomic mass is 10.0. The molecule has 0 saturated heterocycles. The minimum atomic E-state index is -0.499. The van der Waals surface area contributed by atoms with E-state index in [1.54, 1.807) is 30.0 Å². The molecule has 7 heteroatoms. The first-order chi connectivity index (χ1) is 12.4. The van der Waals surface area contributed by atoms with Crippen LogP contribution >= 0.6 is 0 Å². The number of carbonyl (C=O) groups is 2. The Kier molecular flexibility index (Phi) is 4.71. The number of nitrogens with zero attached hydrogens (tertiary/aromatic N) is 2. The molecule has 2 amide bonds. The Morgan fingerprint density at radius 2 is 1.96 bits per heavy atom. The van der Waals surface area contributed by atoms with Crippen molar-refractivity contribution in [3.63, 3.8) is 0 Å². The van der Waals surface area contributed by atoms with Gasteiger partial charge in [-0.05, 0) is 49.6 Å². The average Bonchev–Trinajstić information content (AvgIpc) is 2.60. The van der Waals surface area contributed by atoms with Gasteiger partial charge in [0.2, 0.25) is 5.91 Å². The van der Waals surface area contributed by atoms with Crippen molar-refractivity contribution in [3.8, 4) is 0 Å². The Morgan fingerprint density at radius 3 is 2.65 bits per heavy atom. The number of fused-ring (bicyclic) bond motifs is 1. The molecule has 7 nitrogen and oxygen atoms in total. The van der Waals surface area contributed by atoms with Crippen molar-refractivity contribution in [3.05, 3.63) is 63.2 Å². The smallest absolute Gasteiger partial charge is 0.273 e. The lowest BCUT2D eigenvalue weighted by molar-refractivity contribution is -0.385. The summed E-state index contributed by atoms with van der Waals surface area (Å²) < 4.78 is 0. The van der Waals surface area contributed by atoms with E-state index in [0.29, 0.717) is 17.8 Å². The molecule has 0 atom stereocenters. The second-order valence-electron chi connectivity index (χ2n) is 6.33. The molecule has 2 aromatic carbocycles. The minimum Gasteiger partial charge on any atom is -0.322 e. The van der Waals surface area contributed by atoms with Gasteiger partial charge in [-0.3, -0.25) is 19.7 Å². The molecule has 0 fully saturated rings. The van der Waals surface area contributed by atoms with Gasteiger partial charge in [-0.1, -0.05) is 6.07 Å². The van der Waals surface area contributed by atoms with E-state index in [4.69, 9.17) is 0 Å². The van der Waals surface area contributed by atoms with Gasteiger partial charge in [-0.15, -0.1) is 0 Å². The fraction of sp³-hybridized carbons (Fsp3) is 0.263. The number of hydrogen-bond donors (Lipinski definition) is 1. The van der Waals surface area contributed by atoms with Crippen LogP contribution in [0, 0.1) is 17.0 Å². The molecule has 0 aromatic heterocycles. The van der Waals surface area contributed by atoms with Gasteiger partial charge >= 0.3 is 0 Å². The third-order valence-corrected chi connectivity index (χ3v) is 4.50. The zero-order valence-corrected chi connectivity index (χ0v) is 14.6. The Hall–Kier alpha value is -3.22. The molecule has 2 aromatic rings. The number of hydrogen-bond acceptors (Lipinski definition) is 4. The summed E-state index contributed by atoms with van der Waals surface area (Å²) in [5, 5.41) is 13.8. The highest BCUT2D eigenvalue weighted by Gasteiger charge is 2.21. The van der Waals surface area contributed by atoms with E-state index in [1.807, 2.05) is 12.1 Å². The molecule has 1 N–H and O–H groups in total. The molecule has 3 rings (SSSR count). The van der Waals surface area contributed by atoms with E-state index in [1.165, 1.54) is 13.0 Å². The van der Waals surface area contributed by atoms with Crippen molar-refractivity contribution in [2.24, 2.45) is 0 Å². The summed E-state index contributed by atoms with van der Waals surface area (Å²) in [7, 11) is 0. The summed E-state index contributed by atoms with van der Waals surface area (Å²) in [6, 6.07) is 9.81. The molecule has 1 aliphatic rings. The van der Waals surface area contributed by atoms with Crippen molar-refractivity contribution in [1.82, 2.24) is 0 Å². The number of nitro groups is 1. The Morgan fingerprint density at radius 1 is 1.19 bits per heavy atom. The van der Waals surface area contributed by atoms with E-state index in [9.17, 15) is 19.7 Å². The number of rotatable bonds is 3. The molecular formula is C19H19N3O4. The molecule has 0 aliphatic carbocycles. The van der Waals surface area contributed by atoms with Gasteiger partial charge in [0.15, 0.2) is 0 Å². The van der Waals surface area contributed by atoms with Crippen LogP contribution in [-0.2, 0) is 11.2 Å². The quantitative estimate of drug-likeness (QED) is 0.675. The molecule has 1 aliphatic heterocycles. The second-order valence-corrected chi connectivity index (χ2v) is 6.33. The largest absolute Gasteiger partial charge is 0.322 e. The number of nitro benzene ring substituents is 1. The highest BCUT2D eigenvalue weighted by Crippen LogP contribution is 2.30. The fourth-order valence-electron chi connectivity index (χ4n) is 3.15.